The van der Waals surface area contributed by atoms with Crippen molar-refractivity contribution in [3.63, 3.8) is 0 Å². The molecule has 10 heteroatoms. The zero-order valence-corrected chi connectivity index (χ0v) is 16.0. The molecule has 1 N–H and O–H groups in total. The second-order valence-corrected chi connectivity index (χ2v) is 7.21. The van der Waals surface area contributed by atoms with Crippen LogP contribution < -0.4 is 10.1 Å². The van der Waals surface area contributed by atoms with Gasteiger partial charge < -0.3 is 10.1 Å². The van der Waals surface area contributed by atoms with E-state index in [0.717, 1.165) is 17.5 Å². The predicted molar refractivity (Wildman–Crippen MR) is 102 cm³/mol. The van der Waals surface area contributed by atoms with Crippen LogP contribution in [0.15, 0.2) is 42.7 Å². The van der Waals surface area contributed by atoms with Gasteiger partial charge in [-0.3, -0.25) is 9.48 Å². The molecule has 0 saturated heterocycles. The second-order valence-electron chi connectivity index (χ2n) is 6.77. The van der Waals surface area contributed by atoms with Gasteiger partial charge in [0.05, 0.1) is 23.8 Å². The highest BCUT2D eigenvalue weighted by atomic mass is 35.5. The average molecular weight is 422 g/mol. The van der Waals surface area contributed by atoms with E-state index in [2.05, 4.69) is 15.5 Å². The van der Waals surface area contributed by atoms with Crippen molar-refractivity contribution in [1.29, 1.82) is 0 Å². The lowest BCUT2D eigenvalue weighted by Gasteiger charge is -2.07. The number of carbonyl (C=O) groups is 1. The van der Waals surface area contributed by atoms with E-state index in [9.17, 15) is 13.6 Å². The molecule has 0 radical (unpaired) electrons. The minimum Gasteiger partial charge on any atom is -0.471 e. The Labute approximate surface area is 170 Å². The number of halogens is 3. The number of ether oxygens (including phenoxy) is 1. The van der Waals surface area contributed by atoms with Gasteiger partial charge in [0.25, 0.3) is 6.43 Å². The first-order valence-corrected chi connectivity index (χ1v) is 9.42. The van der Waals surface area contributed by atoms with Gasteiger partial charge in [0.15, 0.2) is 6.73 Å². The zero-order valence-electron chi connectivity index (χ0n) is 15.3. The fourth-order valence-electron chi connectivity index (χ4n) is 2.87. The van der Waals surface area contributed by atoms with E-state index in [0.29, 0.717) is 22.2 Å². The summed E-state index contributed by atoms with van der Waals surface area (Å²) in [5, 5.41) is 11.5. The minimum atomic E-state index is -2.69. The number of nitrogens with one attached hydrogen (secondary N) is 1. The lowest BCUT2D eigenvalue weighted by atomic mass is 10.3. The van der Waals surface area contributed by atoms with Crippen molar-refractivity contribution in [2.45, 2.75) is 38.5 Å². The van der Waals surface area contributed by atoms with Crippen molar-refractivity contribution in [3.8, 4) is 5.75 Å². The van der Waals surface area contributed by atoms with E-state index >= 15 is 0 Å². The van der Waals surface area contributed by atoms with Gasteiger partial charge in [0.1, 0.15) is 18.0 Å². The minimum absolute atomic E-state index is 0.121. The first kappa shape index (κ1) is 19.4. The van der Waals surface area contributed by atoms with Gasteiger partial charge >= 0.3 is 0 Å². The number of aromatic nitrogens is 4. The molecule has 2 heterocycles. The summed E-state index contributed by atoms with van der Waals surface area (Å²) in [4.78, 5) is 12.3. The number of hydrogen-bond donors (Lipinski definition) is 1. The number of rotatable bonds is 8. The Bertz CT molecular complexity index is 1020. The maximum absolute atomic E-state index is 13.2. The number of nitrogens with zero attached hydrogens (tertiary/aromatic N) is 4. The molecule has 0 unspecified atom stereocenters. The Morgan fingerprint density at radius 3 is 2.90 bits per heavy atom. The SMILES string of the molecule is O=C(Cn1nc(C2CC2)cc1C(F)F)Nc1cnn(COc2cccc(Cl)c2)c1. The van der Waals surface area contributed by atoms with Crippen molar-refractivity contribution in [3.05, 3.63) is 59.1 Å². The molecule has 1 saturated carbocycles. The number of alkyl halides is 2. The fraction of sp³-hybridized carbons (Fsp3) is 0.316. The lowest BCUT2D eigenvalue weighted by molar-refractivity contribution is -0.117. The number of carbonyl (C=O) groups excluding carboxylic acids is 1. The van der Waals surface area contributed by atoms with Crippen LogP contribution in [0.5, 0.6) is 5.75 Å². The molecule has 1 aliphatic rings. The van der Waals surface area contributed by atoms with Crippen molar-refractivity contribution in [2.75, 3.05) is 5.32 Å². The van der Waals surface area contributed by atoms with E-state index in [1.54, 1.807) is 30.5 Å². The highest BCUT2D eigenvalue weighted by molar-refractivity contribution is 6.30. The summed E-state index contributed by atoms with van der Waals surface area (Å²) >= 11 is 5.90. The van der Waals surface area contributed by atoms with Crippen LogP contribution >= 0.6 is 11.6 Å². The van der Waals surface area contributed by atoms with E-state index < -0.39 is 12.3 Å². The van der Waals surface area contributed by atoms with Crippen LogP contribution in [0, 0.1) is 0 Å². The van der Waals surface area contributed by atoms with E-state index in [4.69, 9.17) is 16.3 Å². The number of benzene rings is 1. The van der Waals surface area contributed by atoms with Gasteiger partial charge in [-0.1, -0.05) is 17.7 Å². The molecule has 2 aromatic heterocycles. The largest absolute Gasteiger partial charge is 0.471 e. The third-order valence-corrected chi connectivity index (χ3v) is 4.65. The molecule has 29 heavy (non-hydrogen) atoms. The first-order chi connectivity index (χ1) is 14.0. The second kappa shape index (κ2) is 8.20. The van der Waals surface area contributed by atoms with Crippen molar-refractivity contribution >= 4 is 23.2 Å². The van der Waals surface area contributed by atoms with Crippen LogP contribution in [0.1, 0.15) is 36.6 Å². The molecular formula is C19H18ClF2N5O2. The zero-order chi connectivity index (χ0) is 20.4. The van der Waals surface area contributed by atoms with Crippen LogP contribution in [-0.2, 0) is 18.1 Å². The molecule has 1 aliphatic carbocycles. The number of anilines is 1. The molecule has 1 amide bonds. The van der Waals surface area contributed by atoms with Gasteiger partial charge in [0, 0.05) is 10.9 Å². The first-order valence-electron chi connectivity index (χ1n) is 9.04. The highest BCUT2D eigenvalue weighted by Gasteiger charge is 2.29. The quantitative estimate of drug-likeness (QED) is 0.591. The lowest BCUT2D eigenvalue weighted by Crippen LogP contribution is -2.21. The molecule has 0 atom stereocenters. The molecule has 0 aliphatic heterocycles. The smallest absolute Gasteiger partial charge is 0.280 e. The molecule has 152 valence electrons. The van der Waals surface area contributed by atoms with Gasteiger partial charge in [-0.15, -0.1) is 0 Å². The van der Waals surface area contributed by atoms with E-state index in [1.807, 2.05) is 0 Å². The van der Waals surface area contributed by atoms with Crippen LogP contribution in [0.2, 0.25) is 5.02 Å². The topological polar surface area (TPSA) is 74.0 Å². The molecule has 0 bridgehead atoms. The van der Waals surface area contributed by atoms with E-state index in [1.165, 1.54) is 16.9 Å². The summed E-state index contributed by atoms with van der Waals surface area (Å²) in [5.74, 6) is 0.352. The molecule has 0 spiro atoms. The highest BCUT2D eigenvalue weighted by Crippen LogP contribution is 2.40. The summed E-state index contributed by atoms with van der Waals surface area (Å²) < 4.78 is 34.6. The maximum atomic E-state index is 13.2. The van der Waals surface area contributed by atoms with Crippen LogP contribution in [0.4, 0.5) is 14.5 Å². The van der Waals surface area contributed by atoms with Crippen molar-refractivity contribution in [1.82, 2.24) is 19.6 Å². The van der Waals surface area contributed by atoms with E-state index in [-0.39, 0.29) is 24.9 Å². The van der Waals surface area contributed by atoms with Gasteiger partial charge in [-0.2, -0.15) is 10.2 Å². The molecule has 1 fully saturated rings. The van der Waals surface area contributed by atoms with Crippen LogP contribution in [0.3, 0.4) is 0 Å². The fourth-order valence-corrected chi connectivity index (χ4v) is 3.05. The third kappa shape index (κ3) is 4.92. The Kier molecular flexibility index (Phi) is 5.48. The van der Waals surface area contributed by atoms with Crippen molar-refractivity contribution < 1.29 is 18.3 Å². The van der Waals surface area contributed by atoms with Crippen molar-refractivity contribution in [2.24, 2.45) is 0 Å². The summed E-state index contributed by atoms with van der Waals surface area (Å²) in [6.45, 7) is -0.174. The Balaban J connectivity index is 1.34. The normalized spacial score (nSPS) is 13.7. The molecule has 3 aromatic rings. The summed E-state index contributed by atoms with van der Waals surface area (Å²) in [5.41, 5.74) is 0.810. The number of hydrogen-bond acceptors (Lipinski definition) is 4. The monoisotopic (exact) mass is 421 g/mol. The van der Waals surface area contributed by atoms with Crippen LogP contribution in [0.25, 0.3) is 0 Å². The van der Waals surface area contributed by atoms with Gasteiger partial charge in [-0.05, 0) is 37.1 Å². The number of amides is 1. The molecule has 4 rings (SSSR count). The Morgan fingerprint density at radius 2 is 2.17 bits per heavy atom. The summed E-state index contributed by atoms with van der Waals surface area (Å²) in [6.07, 6.45) is 2.24. The Morgan fingerprint density at radius 1 is 1.34 bits per heavy atom. The van der Waals surface area contributed by atoms with Gasteiger partial charge in [-0.25, -0.2) is 13.5 Å². The summed E-state index contributed by atoms with van der Waals surface area (Å²) in [7, 11) is 0. The average Bonchev–Trinajstić information content (AvgIpc) is 3.29. The predicted octanol–water partition coefficient (Wildman–Crippen LogP) is 4.22. The molecule has 1 aromatic carbocycles. The summed E-state index contributed by atoms with van der Waals surface area (Å²) in [6, 6.07) is 8.33. The standard InChI is InChI=1S/C19H18ClF2N5O2/c20-13-2-1-3-15(6-13)29-11-26-9-14(8-23-26)24-18(28)10-27-17(19(21)22)7-16(25-27)12-4-5-12/h1-3,6-9,12,19H,4-5,10-11H2,(H,24,28). The molecule has 7 nitrogen and oxygen atoms in total. The van der Waals surface area contributed by atoms with Crippen LogP contribution in [-0.4, -0.2) is 25.5 Å². The maximum Gasteiger partial charge on any atom is 0.280 e. The van der Waals surface area contributed by atoms with Gasteiger partial charge in [0.2, 0.25) is 5.91 Å². The Hall–Kier alpha value is -2.94. The third-order valence-electron chi connectivity index (χ3n) is 4.42. The molecular weight excluding hydrogens is 404 g/mol.